The van der Waals surface area contributed by atoms with Crippen molar-refractivity contribution >= 4 is 46.7 Å². The van der Waals surface area contributed by atoms with Crippen LogP contribution in [0.3, 0.4) is 0 Å². The third kappa shape index (κ3) is 4.73. The zero-order chi connectivity index (χ0) is 27.2. The Labute approximate surface area is 226 Å². The standard InChI is InChI=1S/C27H33ClN6O4/c1-5-34-19-12-20(37-4)18(11-16(19)27(2,3)9-8-21(34)35)31-26-30-13-17(28)24(33-26)32-22-14-6-7-15(10-14)23(22)38-25(29)36/h6-7,11-15,22-23H,5,8-10H2,1-4H3,(H2,29,36)(H2,30,31,32,33)/t14-,15+,22+,23-/m0/s1. The number of carbonyl (C=O) groups excluding carboxylic acids is 2. The fourth-order valence-electron chi connectivity index (χ4n) is 5.84. The second-order valence-corrected chi connectivity index (χ2v) is 11.0. The van der Waals surface area contributed by atoms with Gasteiger partial charge >= 0.3 is 6.09 Å². The molecule has 2 amide bonds. The summed E-state index contributed by atoms with van der Waals surface area (Å²) in [7, 11) is 1.59. The number of anilines is 4. The van der Waals surface area contributed by atoms with Crippen molar-refractivity contribution in [3.63, 3.8) is 0 Å². The van der Waals surface area contributed by atoms with E-state index in [0.29, 0.717) is 41.2 Å². The van der Waals surface area contributed by atoms with Gasteiger partial charge in [0.15, 0.2) is 5.82 Å². The van der Waals surface area contributed by atoms with Crippen molar-refractivity contribution in [1.82, 2.24) is 9.97 Å². The average molecular weight is 541 g/mol. The molecule has 10 nitrogen and oxygen atoms in total. The maximum Gasteiger partial charge on any atom is 0.404 e. The number of hydrogen-bond donors (Lipinski definition) is 3. The number of nitrogens with zero attached hydrogens (tertiary/aromatic N) is 3. The van der Waals surface area contributed by atoms with Gasteiger partial charge in [-0.25, -0.2) is 9.78 Å². The number of benzene rings is 1. The fourth-order valence-corrected chi connectivity index (χ4v) is 5.98. The van der Waals surface area contributed by atoms with E-state index in [1.54, 1.807) is 7.11 Å². The van der Waals surface area contributed by atoms with E-state index in [-0.39, 0.29) is 29.2 Å². The monoisotopic (exact) mass is 540 g/mol. The van der Waals surface area contributed by atoms with Crippen LogP contribution in [0.25, 0.3) is 0 Å². The summed E-state index contributed by atoms with van der Waals surface area (Å²) in [4.78, 5) is 35.1. The van der Waals surface area contributed by atoms with Gasteiger partial charge in [0.05, 0.1) is 30.7 Å². The minimum atomic E-state index is -0.805. The quantitative estimate of drug-likeness (QED) is 0.428. The summed E-state index contributed by atoms with van der Waals surface area (Å²) in [6, 6.07) is 3.70. The second kappa shape index (κ2) is 9.98. The van der Waals surface area contributed by atoms with Crippen molar-refractivity contribution in [3.05, 3.63) is 41.1 Å². The Morgan fingerprint density at radius 3 is 2.76 bits per heavy atom. The van der Waals surface area contributed by atoms with Crippen molar-refractivity contribution in [2.24, 2.45) is 17.6 Å². The predicted molar refractivity (Wildman–Crippen MR) is 146 cm³/mol. The summed E-state index contributed by atoms with van der Waals surface area (Å²) in [6.45, 7) is 6.83. The maximum atomic E-state index is 12.8. The fraction of sp³-hybridized carbons (Fsp3) is 0.481. The maximum absolute atomic E-state index is 12.8. The van der Waals surface area contributed by atoms with E-state index in [4.69, 9.17) is 26.8 Å². The van der Waals surface area contributed by atoms with Crippen molar-refractivity contribution in [2.45, 2.75) is 57.6 Å². The molecule has 1 aliphatic heterocycles. The zero-order valence-corrected chi connectivity index (χ0v) is 22.7. The number of methoxy groups -OCH3 is 1. The number of nitrogens with two attached hydrogens (primary N) is 1. The minimum Gasteiger partial charge on any atom is -0.494 e. The van der Waals surface area contributed by atoms with Gasteiger partial charge in [0.2, 0.25) is 11.9 Å². The minimum absolute atomic E-state index is 0.102. The van der Waals surface area contributed by atoms with Crippen LogP contribution in [-0.2, 0) is 14.9 Å². The Kier molecular flexibility index (Phi) is 6.85. The molecule has 1 fully saturated rings. The molecule has 11 heteroatoms. The number of rotatable bonds is 7. The van der Waals surface area contributed by atoms with Crippen molar-refractivity contribution in [2.75, 3.05) is 29.2 Å². The van der Waals surface area contributed by atoms with E-state index in [9.17, 15) is 9.59 Å². The van der Waals surface area contributed by atoms with Crippen LogP contribution in [0.4, 0.5) is 27.9 Å². The van der Waals surface area contributed by atoms with E-state index < -0.39 is 12.2 Å². The number of primary amides is 1. The number of ether oxygens (including phenoxy) is 2. The molecule has 3 aliphatic rings. The van der Waals surface area contributed by atoms with E-state index in [1.807, 2.05) is 24.0 Å². The summed E-state index contributed by atoms with van der Waals surface area (Å²) in [5.74, 6) is 1.68. The average Bonchev–Trinajstić information content (AvgIpc) is 3.45. The molecule has 38 heavy (non-hydrogen) atoms. The van der Waals surface area contributed by atoms with Crippen LogP contribution < -0.4 is 26.0 Å². The van der Waals surface area contributed by atoms with Gasteiger partial charge in [0.1, 0.15) is 16.9 Å². The van der Waals surface area contributed by atoms with Crippen molar-refractivity contribution in [1.29, 1.82) is 0 Å². The molecule has 202 valence electrons. The number of fused-ring (bicyclic) bond motifs is 3. The highest BCUT2D eigenvalue weighted by Crippen LogP contribution is 2.45. The smallest absolute Gasteiger partial charge is 0.404 e. The second-order valence-electron chi connectivity index (χ2n) is 10.6. The molecule has 1 saturated carbocycles. The molecule has 1 aromatic heterocycles. The van der Waals surface area contributed by atoms with Crippen LogP contribution in [0.2, 0.25) is 5.02 Å². The van der Waals surface area contributed by atoms with Crippen LogP contribution in [0.5, 0.6) is 5.75 Å². The van der Waals surface area contributed by atoms with Gasteiger partial charge in [0, 0.05) is 30.9 Å². The lowest BCUT2D eigenvalue weighted by Crippen LogP contribution is -2.41. The lowest BCUT2D eigenvalue weighted by atomic mass is 9.80. The number of aromatic nitrogens is 2. The molecule has 0 saturated heterocycles. The highest BCUT2D eigenvalue weighted by atomic mass is 35.5. The highest BCUT2D eigenvalue weighted by Gasteiger charge is 2.47. The number of carbonyl (C=O) groups is 2. The summed E-state index contributed by atoms with van der Waals surface area (Å²) < 4.78 is 11.1. The predicted octanol–water partition coefficient (Wildman–Crippen LogP) is 4.76. The van der Waals surface area contributed by atoms with Gasteiger partial charge < -0.3 is 30.7 Å². The topological polar surface area (TPSA) is 132 Å². The van der Waals surface area contributed by atoms with Crippen molar-refractivity contribution in [3.8, 4) is 5.75 Å². The first-order valence-corrected chi connectivity index (χ1v) is 13.2. The Hall–Kier alpha value is -3.53. The van der Waals surface area contributed by atoms with Gasteiger partial charge in [0.25, 0.3) is 0 Å². The highest BCUT2D eigenvalue weighted by molar-refractivity contribution is 6.32. The molecule has 1 aromatic carbocycles. The molecule has 2 heterocycles. The van der Waals surface area contributed by atoms with Gasteiger partial charge in [-0.3, -0.25) is 4.79 Å². The van der Waals surface area contributed by atoms with Crippen LogP contribution in [0, 0.1) is 11.8 Å². The van der Waals surface area contributed by atoms with Gasteiger partial charge in [-0.05, 0) is 36.8 Å². The number of nitrogens with one attached hydrogen (secondary N) is 2. The molecule has 2 bridgehead atoms. The molecule has 0 unspecified atom stereocenters. The first-order chi connectivity index (χ1) is 18.1. The molecule has 2 aliphatic carbocycles. The van der Waals surface area contributed by atoms with Gasteiger partial charge in [-0.2, -0.15) is 4.98 Å². The molecular weight excluding hydrogens is 508 g/mol. The van der Waals surface area contributed by atoms with Crippen molar-refractivity contribution < 1.29 is 19.1 Å². The molecular formula is C27H33ClN6O4. The van der Waals surface area contributed by atoms with E-state index in [1.165, 1.54) is 6.20 Å². The summed E-state index contributed by atoms with van der Waals surface area (Å²) >= 11 is 6.46. The normalized spacial score (nSPS) is 25.1. The molecule has 4 atom stereocenters. The van der Waals surface area contributed by atoms with E-state index in [2.05, 4.69) is 46.6 Å². The summed E-state index contributed by atoms with van der Waals surface area (Å²) in [6.07, 6.45) is 6.57. The summed E-state index contributed by atoms with van der Waals surface area (Å²) in [5.41, 5.74) is 7.67. The summed E-state index contributed by atoms with van der Waals surface area (Å²) in [5, 5.41) is 6.97. The number of halogens is 1. The first-order valence-electron chi connectivity index (χ1n) is 12.8. The SMILES string of the molecule is CCN1C(=O)CCC(C)(C)c2cc(Nc3ncc(Cl)c(N[C@H]4[C@@H](OC(N)=O)[C@@H]5C=C[C@H]4C5)n3)c(OC)cc21. The Balaban J connectivity index is 1.46. The third-order valence-electron chi connectivity index (χ3n) is 7.85. The molecule has 0 spiro atoms. The number of amides is 2. The molecule has 4 N–H and O–H groups in total. The number of hydrogen-bond acceptors (Lipinski definition) is 8. The van der Waals surface area contributed by atoms with Gasteiger partial charge in [-0.15, -0.1) is 0 Å². The third-order valence-corrected chi connectivity index (χ3v) is 8.13. The Morgan fingerprint density at radius 1 is 1.29 bits per heavy atom. The largest absolute Gasteiger partial charge is 0.494 e. The Bertz CT molecular complexity index is 1300. The van der Waals surface area contributed by atoms with E-state index in [0.717, 1.165) is 24.1 Å². The van der Waals surface area contributed by atoms with Crippen LogP contribution in [0.1, 0.15) is 45.6 Å². The molecule has 5 rings (SSSR count). The van der Waals surface area contributed by atoms with Gasteiger partial charge in [-0.1, -0.05) is 37.6 Å². The lowest BCUT2D eigenvalue weighted by Gasteiger charge is -2.29. The van der Waals surface area contributed by atoms with Crippen LogP contribution in [0.15, 0.2) is 30.5 Å². The molecule has 2 aromatic rings. The Morgan fingerprint density at radius 2 is 2.05 bits per heavy atom. The van der Waals surface area contributed by atoms with E-state index >= 15 is 0 Å². The lowest BCUT2D eigenvalue weighted by molar-refractivity contribution is -0.118. The first kappa shape index (κ1) is 26.1. The van der Waals surface area contributed by atoms with Crippen LogP contribution in [-0.4, -0.2) is 47.8 Å². The van der Waals surface area contributed by atoms with Crippen LogP contribution >= 0.6 is 11.6 Å². The molecule has 0 radical (unpaired) electrons. The zero-order valence-electron chi connectivity index (χ0n) is 22.0.